The van der Waals surface area contributed by atoms with Gasteiger partial charge in [0.05, 0.1) is 0 Å². The van der Waals surface area contributed by atoms with Gasteiger partial charge < -0.3 is 9.80 Å². The summed E-state index contributed by atoms with van der Waals surface area (Å²) >= 11 is 0. The molecule has 0 bridgehead atoms. The highest BCUT2D eigenvalue weighted by molar-refractivity contribution is 5.89. The fraction of sp³-hybridized carbons (Fsp3) is 0.280. The van der Waals surface area contributed by atoms with Crippen LogP contribution >= 0.6 is 0 Å². The molecule has 170 valence electrons. The van der Waals surface area contributed by atoms with E-state index in [2.05, 4.69) is 4.98 Å². The largest absolute Gasteiger partial charge is 0.347 e. The number of nitrogens with zero attached hydrogens (tertiary/aromatic N) is 4. The summed E-state index contributed by atoms with van der Waals surface area (Å²) in [6.07, 6.45) is 3.20. The highest BCUT2D eigenvalue weighted by Crippen LogP contribution is 2.27. The van der Waals surface area contributed by atoms with Gasteiger partial charge in [0.2, 0.25) is 11.8 Å². The van der Waals surface area contributed by atoms with Crippen LogP contribution in [-0.2, 0) is 22.6 Å². The average Bonchev–Trinajstić information content (AvgIpc) is 2.82. The van der Waals surface area contributed by atoms with E-state index in [1.807, 2.05) is 31.2 Å². The van der Waals surface area contributed by atoms with Crippen LogP contribution in [0.15, 0.2) is 71.8 Å². The first kappa shape index (κ1) is 22.4. The molecule has 0 radical (unpaired) electrons. The van der Waals surface area contributed by atoms with Crippen molar-refractivity contribution in [1.82, 2.24) is 19.4 Å². The highest BCUT2D eigenvalue weighted by atomic mass is 19.1. The van der Waals surface area contributed by atoms with Crippen LogP contribution < -0.4 is 5.69 Å². The zero-order chi connectivity index (χ0) is 23.4. The minimum Gasteiger partial charge on any atom is -0.339 e. The number of hydrogen-bond acceptors (Lipinski definition) is 4. The van der Waals surface area contributed by atoms with E-state index in [9.17, 15) is 18.8 Å². The molecule has 0 unspecified atom stereocenters. The van der Waals surface area contributed by atoms with Gasteiger partial charge in [0.1, 0.15) is 18.4 Å². The van der Waals surface area contributed by atoms with Gasteiger partial charge in [-0.1, -0.05) is 36.4 Å². The summed E-state index contributed by atoms with van der Waals surface area (Å²) in [5, 5.41) is 0. The lowest BCUT2D eigenvalue weighted by molar-refractivity contribution is -0.151. The van der Waals surface area contributed by atoms with Crippen LogP contribution in [0.5, 0.6) is 0 Å². The molecule has 33 heavy (non-hydrogen) atoms. The zero-order valence-corrected chi connectivity index (χ0v) is 18.4. The third kappa shape index (κ3) is 4.84. The molecule has 1 saturated heterocycles. The number of halogens is 1. The van der Waals surface area contributed by atoms with Gasteiger partial charge in [0.25, 0.3) is 0 Å². The fourth-order valence-corrected chi connectivity index (χ4v) is 4.21. The number of carbonyl (C=O) groups is 2. The van der Waals surface area contributed by atoms with Crippen molar-refractivity contribution in [2.24, 2.45) is 0 Å². The predicted molar refractivity (Wildman–Crippen MR) is 122 cm³/mol. The number of hydrogen-bond donors (Lipinski definition) is 0. The Kier molecular flexibility index (Phi) is 6.63. The number of aromatic nitrogens is 2. The molecular formula is C25H25FN4O3. The molecule has 2 heterocycles. The Morgan fingerprint density at radius 2 is 1.82 bits per heavy atom. The van der Waals surface area contributed by atoms with Crippen molar-refractivity contribution < 1.29 is 14.0 Å². The van der Waals surface area contributed by atoms with Crippen molar-refractivity contribution in [1.29, 1.82) is 0 Å². The van der Waals surface area contributed by atoms with Crippen molar-refractivity contribution in [2.45, 2.75) is 25.9 Å². The number of likely N-dealkylation sites (N-methyl/N-ethyl adjacent to an activating group) is 1. The Labute approximate surface area is 191 Å². The number of carbonyl (C=O) groups excluding carboxylic acids is 2. The van der Waals surface area contributed by atoms with Crippen LogP contribution in [0.25, 0.3) is 11.1 Å². The molecule has 0 saturated carbocycles. The molecule has 2 aromatic carbocycles. The monoisotopic (exact) mass is 448 g/mol. The summed E-state index contributed by atoms with van der Waals surface area (Å²) < 4.78 is 14.7. The van der Waals surface area contributed by atoms with E-state index in [4.69, 9.17) is 0 Å². The van der Waals surface area contributed by atoms with Crippen LogP contribution in [0, 0.1) is 5.82 Å². The first-order chi connectivity index (χ1) is 16.0. The maximum Gasteiger partial charge on any atom is 0.347 e. The van der Waals surface area contributed by atoms with Crippen molar-refractivity contribution in [3.8, 4) is 11.1 Å². The van der Waals surface area contributed by atoms with E-state index in [-0.39, 0.29) is 24.2 Å². The van der Waals surface area contributed by atoms with E-state index < -0.39 is 11.7 Å². The molecule has 1 aliphatic heterocycles. The van der Waals surface area contributed by atoms with Crippen molar-refractivity contribution >= 4 is 11.8 Å². The normalized spacial score (nSPS) is 16.2. The van der Waals surface area contributed by atoms with E-state index >= 15 is 0 Å². The number of piperazine rings is 1. The molecule has 3 aromatic rings. The third-order valence-electron chi connectivity index (χ3n) is 5.96. The lowest BCUT2D eigenvalue weighted by atomic mass is 9.93. The Balaban J connectivity index is 1.65. The highest BCUT2D eigenvalue weighted by Gasteiger charge is 2.37. The maximum absolute atomic E-state index is 13.4. The molecule has 1 aromatic heterocycles. The predicted octanol–water partition coefficient (Wildman–Crippen LogP) is 2.35. The summed E-state index contributed by atoms with van der Waals surface area (Å²) in [6.45, 7) is 3.12. The Morgan fingerprint density at radius 3 is 2.55 bits per heavy atom. The summed E-state index contributed by atoms with van der Waals surface area (Å²) in [7, 11) is 0. The SMILES string of the molecule is CCN1CCN(C(=O)Cn2cccnc2=O)[C@H](Cc2ccccc2-c2ccc(F)cc2)C1=O. The van der Waals surface area contributed by atoms with Gasteiger partial charge >= 0.3 is 5.69 Å². The van der Waals surface area contributed by atoms with Crippen LogP contribution in [0.2, 0.25) is 0 Å². The Morgan fingerprint density at radius 1 is 1.06 bits per heavy atom. The van der Waals surface area contributed by atoms with Crippen LogP contribution in [0.3, 0.4) is 0 Å². The van der Waals surface area contributed by atoms with E-state index in [0.717, 1.165) is 16.7 Å². The van der Waals surface area contributed by atoms with E-state index in [1.54, 1.807) is 28.0 Å². The molecule has 1 atom stereocenters. The first-order valence-electron chi connectivity index (χ1n) is 10.9. The molecular weight excluding hydrogens is 423 g/mol. The Hall–Kier alpha value is -3.81. The van der Waals surface area contributed by atoms with E-state index in [1.165, 1.54) is 29.1 Å². The fourth-order valence-electron chi connectivity index (χ4n) is 4.21. The van der Waals surface area contributed by atoms with Gasteiger partial charge in [0, 0.05) is 38.4 Å². The molecule has 8 heteroatoms. The molecule has 1 aliphatic rings. The molecule has 4 rings (SSSR count). The summed E-state index contributed by atoms with van der Waals surface area (Å²) in [5.41, 5.74) is 2.09. The zero-order valence-electron chi connectivity index (χ0n) is 18.4. The van der Waals surface area contributed by atoms with Crippen molar-refractivity contribution in [3.63, 3.8) is 0 Å². The van der Waals surface area contributed by atoms with Gasteiger partial charge in [-0.15, -0.1) is 0 Å². The lowest BCUT2D eigenvalue weighted by Gasteiger charge is -2.40. The smallest absolute Gasteiger partial charge is 0.339 e. The standard InChI is InChI=1S/C25H25FN4O3/c1-2-28-14-15-30(23(31)17-29-13-5-12-27-25(29)33)22(24(28)32)16-19-6-3-4-7-21(19)18-8-10-20(26)11-9-18/h3-13,22H,2,14-17H2,1H3/t22-/m1/s1. The quantitative estimate of drug-likeness (QED) is 0.580. The molecule has 7 nitrogen and oxygen atoms in total. The average molecular weight is 448 g/mol. The number of benzene rings is 2. The summed E-state index contributed by atoms with van der Waals surface area (Å²) in [4.78, 5) is 45.4. The molecule has 2 amide bonds. The van der Waals surface area contributed by atoms with Crippen molar-refractivity contribution in [2.75, 3.05) is 19.6 Å². The van der Waals surface area contributed by atoms with Gasteiger partial charge in [-0.3, -0.25) is 14.2 Å². The summed E-state index contributed by atoms with van der Waals surface area (Å²) in [6, 6.07) is 14.7. The van der Waals surface area contributed by atoms with Gasteiger partial charge in [0.15, 0.2) is 0 Å². The van der Waals surface area contributed by atoms with E-state index in [0.29, 0.717) is 26.1 Å². The second-order valence-electron chi connectivity index (χ2n) is 7.92. The lowest BCUT2D eigenvalue weighted by Crippen LogP contribution is -2.60. The maximum atomic E-state index is 13.4. The topological polar surface area (TPSA) is 75.5 Å². The molecule has 1 fully saturated rings. The second-order valence-corrected chi connectivity index (χ2v) is 7.92. The third-order valence-corrected chi connectivity index (χ3v) is 5.96. The second kappa shape index (κ2) is 9.77. The first-order valence-corrected chi connectivity index (χ1v) is 10.9. The van der Waals surface area contributed by atoms with Crippen LogP contribution in [0.1, 0.15) is 12.5 Å². The van der Waals surface area contributed by atoms with Crippen molar-refractivity contribution in [3.05, 3.63) is 88.9 Å². The van der Waals surface area contributed by atoms with Gasteiger partial charge in [-0.05, 0) is 41.8 Å². The van der Waals surface area contributed by atoms with Crippen LogP contribution in [-0.4, -0.2) is 56.8 Å². The number of rotatable bonds is 6. The molecule has 0 aliphatic carbocycles. The minimum atomic E-state index is -0.694. The molecule has 0 N–H and O–H groups in total. The Bertz CT molecular complexity index is 1210. The number of amides is 2. The summed E-state index contributed by atoms with van der Waals surface area (Å²) in [5.74, 6) is -0.747. The van der Waals surface area contributed by atoms with Gasteiger partial charge in [-0.25, -0.2) is 14.2 Å². The van der Waals surface area contributed by atoms with Crippen LogP contribution in [0.4, 0.5) is 4.39 Å². The minimum absolute atomic E-state index is 0.121. The molecule has 0 spiro atoms. The van der Waals surface area contributed by atoms with Gasteiger partial charge in [-0.2, -0.15) is 0 Å².